The molecule has 2 aliphatic carbocycles. The fourth-order valence-electron chi connectivity index (χ4n) is 4.09. The predicted molar refractivity (Wildman–Crippen MR) is 76.7 cm³/mol. The van der Waals surface area contributed by atoms with Crippen LogP contribution in [0.4, 0.5) is 0 Å². The molecule has 2 atom stereocenters. The van der Waals surface area contributed by atoms with Gasteiger partial charge in [-0.2, -0.15) is 0 Å². The highest BCUT2D eigenvalue weighted by molar-refractivity contribution is 4.90. The third kappa shape index (κ3) is 3.94. The lowest BCUT2D eigenvalue weighted by atomic mass is 9.70. The van der Waals surface area contributed by atoms with Crippen LogP contribution in [0.2, 0.25) is 0 Å². The van der Waals surface area contributed by atoms with Crippen LogP contribution in [0.5, 0.6) is 0 Å². The Kier molecular flexibility index (Phi) is 5.46. The predicted octanol–water partition coefficient (Wildman–Crippen LogP) is 2.29. The average Bonchev–Trinajstić information content (AvgIpc) is 2.34. The maximum Gasteiger partial charge on any atom is 0.165 e. The lowest BCUT2D eigenvalue weighted by Gasteiger charge is -2.44. The van der Waals surface area contributed by atoms with Crippen molar-refractivity contribution in [2.24, 2.45) is 11.8 Å². The molecule has 0 amide bonds. The van der Waals surface area contributed by atoms with Crippen molar-refractivity contribution in [2.75, 3.05) is 0 Å². The van der Waals surface area contributed by atoms with E-state index in [1.807, 2.05) is 0 Å². The minimum absolute atomic E-state index is 0.351. The summed E-state index contributed by atoms with van der Waals surface area (Å²) in [6.07, 6.45) is 9.83. The van der Waals surface area contributed by atoms with Gasteiger partial charge in [0, 0.05) is 24.7 Å². The van der Waals surface area contributed by atoms with E-state index in [0.29, 0.717) is 25.7 Å². The highest BCUT2D eigenvalue weighted by Gasteiger charge is 2.47. The first-order valence-electron chi connectivity index (χ1n) is 8.33. The first-order chi connectivity index (χ1) is 9.43. The van der Waals surface area contributed by atoms with Crippen LogP contribution in [0.3, 0.4) is 0 Å². The molecule has 2 fully saturated rings. The third-order valence-electron chi connectivity index (χ3n) is 5.29. The fraction of sp³-hybridized carbons (Fsp3) is 1.00. The molecule has 2 saturated carbocycles. The molecule has 4 heteroatoms. The van der Waals surface area contributed by atoms with Crippen LogP contribution in [0.25, 0.3) is 0 Å². The molecule has 0 spiro atoms. The van der Waals surface area contributed by atoms with Gasteiger partial charge in [0.25, 0.3) is 0 Å². The highest BCUT2D eigenvalue weighted by Crippen LogP contribution is 2.43. The zero-order valence-corrected chi connectivity index (χ0v) is 12.4. The largest absolute Gasteiger partial charge is 0.365 e. The Morgan fingerprint density at radius 3 is 1.25 bits per heavy atom. The molecule has 118 valence electrons. The Hall–Kier alpha value is -0.160. The van der Waals surface area contributed by atoms with Gasteiger partial charge in [0.2, 0.25) is 0 Å². The maximum absolute atomic E-state index is 10.4. The molecular weight excluding hydrogens is 256 g/mol. The zero-order chi connectivity index (χ0) is 14.6. The summed E-state index contributed by atoms with van der Waals surface area (Å²) >= 11 is 0. The summed E-state index contributed by atoms with van der Waals surface area (Å²) in [5, 5.41) is 41.7. The second-order valence-corrected chi connectivity index (χ2v) is 6.88. The minimum atomic E-state index is -1.75. The van der Waals surface area contributed by atoms with Crippen LogP contribution >= 0.6 is 0 Å². The van der Waals surface area contributed by atoms with E-state index in [4.69, 9.17) is 0 Å². The standard InChI is InChI=1S/C16H30O4/c17-15(18)11-7-3-1-5-9-13(15)14-10-6-2-4-8-12-16(14,19)20/h13-14,17-20H,1-12H2. The van der Waals surface area contributed by atoms with Gasteiger partial charge in [-0.1, -0.05) is 38.5 Å². The summed E-state index contributed by atoms with van der Waals surface area (Å²) in [5.74, 6) is -4.34. The molecule has 0 aromatic carbocycles. The van der Waals surface area contributed by atoms with Gasteiger partial charge >= 0.3 is 0 Å². The van der Waals surface area contributed by atoms with Crippen LogP contribution in [0.15, 0.2) is 0 Å². The SMILES string of the molecule is OC1(O)CCCCCCC1C1CCCCCCC1(O)O. The first kappa shape index (κ1) is 16.2. The van der Waals surface area contributed by atoms with Crippen molar-refractivity contribution in [1.82, 2.24) is 0 Å². The van der Waals surface area contributed by atoms with E-state index in [-0.39, 0.29) is 0 Å². The molecule has 0 saturated heterocycles. The molecule has 4 nitrogen and oxygen atoms in total. The van der Waals surface area contributed by atoms with Gasteiger partial charge in [-0.25, -0.2) is 0 Å². The van der Waals surface area contributed by atoms with Gasteiger partial charge in [-0.3, -0.25) is 0 Å². The van der Waals surface area contributed by atoms with Crippen molar-refractivity contribution in [3.05, 3.63) is 0 Å². The van der Waals surface area contributed by atoms with Crippen LogP contribution in [-0.4, -0.2) is 32.0 Å². The van der Waals surface area contributed by atoms with Crippen molar-refractivity contribution < 1.29 is 20.4 Å². The van der Waals surface area contributed by atoms with Gasteiger partial charge in [-0.05, 0) is 25.7 Å². The molecule has 2 unspecified atom stereocenters. The van der Waals surface area contributed by atoms with E-state index in [1.54, 1.807) is 0 Å². The Labute approximate surface area is 121 Å². The molecule has 0 bridgehead atoms. The first-order valence-corrected chi connectivity index (χ1v) is 8.33. The fourth-order valence-corrected chi connectivity index (χ4v) is 4.09. The Morgan fingerprint density at radius 1 is 0.500 bits per heavy atom. The minimum Gasteiger partial charge on any atom is -0.365 e. The Bertz CT molecular complexity index is 271. The Balaban J connectivity index is 2.18. The summed E-state index contributed by atoms with van der Waals surface area (Å²) in [6.45, 7) is 0. The second kappa shape index (κ2) is 6.73. The van der Waals surface area contributed by atoms with Gasteiger partial charge in [0.1, 0.15) is 0 Å². The van der Waals surface area contributed by atoms with Crippen LogP contribution in [0.1, 0.15) is 77.0 Å². The Morgan fingerprint density at radius 2 is 0.850 bits per heavy atom. The molecule has 2 aliphatic rings. The summed E-state index contributed by atoms with van der Waals surface area (Å²) in [7, 11) is 0. The van der Waals surface area contributed by atoms with Gasteiger partial charge < -0.3 is 20.4 Å². The molecule has 0 aromatic rings. The summed E-state index contributed by atoms with van der Waals surface area (Å²) in [4.78, 5) is 0. The van der Waals surface area contributed by atoms with Crippen LogP contribution in [-0.2, 0) is 0 Å². The number of hydrogen-bond acceptors (Lipinski definition) is 4. The molecular formula is C16H30O4. The van der Waals surface area contributed by atoms with E-state index in [1.165, 1.54) is 0 Å². The van der Waals surface area contributed by atoms with Gasteiger partial charge in [0.05, 0.1) is 0 Å². The highest BCUT2D eigenvalue weighted by atomic mass is 16.5. The van der Waals surface area contributed by atoms with Crippen LogP contribution < -0.4 is 0 Å². The molecule has 0 heterocycles. The average molecular weight is 286 g/mol. The van der Waals surface area contributed by atoms with Crippen molar-refractivity contribution in [3.8, 4) is 0 Å². The maximum atomic E-state index is 10.4. The summed E-state index contributed by atoms with van der Waals surface area (Å²) in [5.41, 5.74) is 0. The molecule has 2 rings (SSSR count). The number of aliphatic hydroxyl groups is 4. The number of rotatable bonds is 1. The van der Waals surface area contributed by atoms with E-state index >= 15 is 0 Å². The summed E-state index contributed by atoms with van der Waals surface area (Å²) < 4.78 is 0. The third-order valence-corrected chi connectivity index (χ3v) is 5.29. The summed E-state index contributed by atoms with van der Waals surface area (Å²) in [6, 6.07) is 0. The molecule has 0 aromatic heterocycles. The normalized spacial score (nSPS) is 35.4. The van der Waals surface area contributed by atoms with Gasteiger partial charge in [0.15, 0.2) is 11.6 Å². The molecule has 20 heavy (non-hydrogen) atoms. The number of hydrogen-bond donors (Lipinski definition) is 4. The molecule has 0 radical (unpaired) electrons. The van der Waals surface area contributed by atoms with E-state index in [0.717, 1.165) is 51.4 Å². The van der Waals surface area contributed by atoms with Crippen LogP contribution in [0, 0.1) is 11.8 Å². The van der Waals surface area contributed by atoms with E-state index in [2.05, 4.69) is 0 Å². The smallest absolute Gasteiger partial charge is 0.165 e. The topological polar surface area (TPSA) is 80.9 Å². The zero-order valence-electron chi connectivity index (χ0n) is 12.4. The lowest BCUT2D eigenvalue weighted by Crippen LogP contribution is -2.51. The monoisotopic (exact) mass is 286 g/mol. The molecule has 0 aliphatic heterocycles. The van der Waals surface area contributed by atoms with Crippen molar-refractivity contribution in [3.63, 3.8) is 0 Å². The van der Waals surface area contributed by atoms with Crippen molar-refractivity contribution in [2.45, 2.75) is 88.6 Å². The molecule has 4 N–H and O–H groups in total. The quantitative estimate of drug-likeness (QED) is 0.558. The van der Waals surface area contributed by atoms with Gasteiger partial charge in [-0.15, -0.1) is 0 Å². The lowest BCUT2D eigenvalue weighted by molar-refractivity contribution is -0.281. The van der Waals surface area contributed by atoms with Crippen molar-refractivity contribution in [1.29, 1.82) is 0 Å². The second-order valence-electron chi connectivity index (χ2n) is 6.88. The van der Waals surface area contributed by atoms with E-state index < -0.39 is 23.4 Å². The van der Waals surface area contributed by atoms with E-state index in [9.17, 15) is 20.4 Å². The van der Waals surface area contributed by atoms with Crippen molar-refractivity contribution >= 4 is 0 Å².